The number of benzene rings is 2. The maximum atomic E-state index is 13.1. The molecule has 6 nitrogen and oxygen atoms in total. The average molecular weight is 400 g/mol. The van der Waals surface area contributed by atoms with E-state index < -0.39 is 4.92 Å². The summed E-state index contributed by atoms with van der Waals surface area (Å²) >= 11 is 0. The number of fused-ring (bicyclic) bond motifs is 2. The zero-order valence-electron chi connectivity index (χ0n) is 15.6. The standard InChI is InChI=1S/C21H21N3O3.ClH/c1-22-13-5-4-7-18-20(25)17-6-2-3-8-19(17)23(21(18)22)14-15-9-11-16(12-10-15)24(26)27;/h2-3,6,8-12H,4-5,7,13-14H2,1H3;1H. The molecule has 1 aliphatic rings. The van der Waals surface area contributed by atoms with Crippen molar-refractivity contribution in [1.82, 2.24) is 4.57 Å². The van der Waals surface area contributed by atoms with Crippen molar-refractivity contribution in [3.63, 3.8) is 0 Å². The molecule has 146 valence electrons. The van der Waals surface area contributed by atoms with Gasteiger partial charge in [0.2, 0.25) is 0 Å². The average Bonchev–Trinajstić information content (AvgIpc) is 2.87. The maximum absolute atomic E-state index is 13.1. The van der Waals surface area contributed by atoms with Gasteiger partial charge in [0.15, 0.2) is 5.43 Å². The zero-order chi connectivity index (χ0) is 19.0. The smallest absolute Gasteiger partial charge is 0.269 e. The molecule has 0 radical (unpaired) electrons. The number of anilines is 1. The number of pyridine rings is 1. The van der Waals surface area contributed by atoms with Gasteiger partial charge in [-0.15, -0.1) is 12.4 Å². The van der Waals surface area contributed by atoms with Crippen molar-refractivity contribution in [2.75, 3.05) is 18.5 Å². The third-order valence-corrected chi connectivity index (χ3v) is 5.26. The van der Waals surface area contributed by atoms with Gasteiger partial charge < -0.3 is 9.47 Å². The van der Waals surface area contributed by atoms with Crippen LogP contribution in [0, 0.1) is 10.1 Å². The van der Waals surface area contributed by atoms with Gasteiger partial charge in [0.1, 0.15) is 5.82 Å². The van der Waals surface area contributed by atoms with E-state index in [2.05, 4.69) is 9.47 Å². The number of aromatic nitrogens is 1. The van der Waals surface area contributed by atoms with Crippen LogP contribution in [0.4, 0.5) is 11.5 Å². The third-order valence-electron chi connectivity index (χ3n) is 5.26. The lowest BCUT2D eigenvalue weighted by atomic mass is 10.1. The predicted octanol–water partition coefficient (Wildman–Crippen LogP) is 4.15. The lowest BCUT2D eigenvalue weighted by molar-refractivity contribution is -0.384. The van der Waals surface area contributed by atoms with Gasteiger partial charge >= 0.3 is 0 Å². The van der Waals surface area contributed by atoms with Crippen LogP contribution in [-0.4, -0.2) is 23.1 Å². The molecule has 7 heteroatoms. The molecule has 1 aromatic heterocycles. The fourth-order valence-electron chi connectivity index (χ4n) is 3.93. The fourth-order valence-corrected chi connectivity index (χ4v) is 3.93. The Morgan fingerprint density at radius 2 is 1.79 bits per heavy atom. The Morgan fingerprint density at radius 1 is 1.07 bits per heavy atom. The normalized spacial score (nSPS) is 13.5. The summed E-state index contributed by atoms with van der Waals surface area (Å²) in [5.41, 5.74) is 2.94. The third kappa shape index (κ3) is 3.47. The van der Waals surface area contributed by atoms with Crippen LogP contribution in [-0.2, 0) is 13.0 Å². The van der Waals surface area contributed by atoms with Crippen LogP contribution in [0.25, 0.3) is 10.9 Å². The molecule has 0 atom stereocenters. The molecule has 0 unspecified atom stereocenters. The largest absolute Gasteiger partial charge is 0.361 e. The minimum Gasteiger partial charge on any atom is -0.361 e. The first-order chi connectivity index (χ1) is 13.1. The number of rotatable bonds is 3. The Bertz CT molecular complexity index is 1080. The van der Waals surface area contributed by atoms with Crippen molar-refractivity contribution in [1.29, 1.82) is 0 Å². The zero-order valence-corrected chi connectivity index (χ0v) is 16.4. The first-order valence-electron chi connectivity index (χ1n) is 9.15. The summed E-state index contributed by atoms with van der Waals surface area (Å²) in [6, 6.07) is 14.3. The molecule has 0 spiro atoms. The Hall–Kier alpha value is -2.86. The van der Waals surface area contributed by atoms with E-state index in [1.165, 1.54) is 12.1 Å². The van der Waals surface area contributed by atoms with Gasteiger partial charge in [0.05, 0.1) is 10.4 Å². The highest BCUT2D eigenvalue weighted by atomic mass is 35.5. The van der Waals surface area contributed by atoms with Crippen LogP contribution >= 0.6 is 12.4 Å². The van der Waals surface area contributed by atoms with Crippen molar-refractivity contribution >= 4 is 34.8 Å². The molecule has 3 aromatic rings. The Kier molecular flexibility index (Phi) is 5.70. The summed E-state index contributed by atoms with van der Waals surface area (Å²) in [5, 5.41) is 11.6. The highest BCUT2D eigenvalue weighted by Gasteiger charge is 2.22. The predicted molar refractivity (Wildman–Crippen MR) is 114 cm³/mol. The quantitative estimate of drug-likeness (QED) is 0.490. The van der Waals surface area contributed by atoms with E-state index in [0.29, 0.717) is 6.54 Å². The summed E-state index contributed by atoms with van der Waals surface area (Å²) in [6.45, 7) is 1.47. The van der Waals surface area contributed by atoms with Crippen molar-refractivity contribution in [2.24, 2.45) is 0 Å². The molecule has 0 N–H and O–H groups in total. The summed E-state index contributed by atoms with van der Waals surface area (Å²) in [7, 11) is 2.03. The van der Waals surface area contributed by atoms with Gasteiger partial charge in [0, 0.05) is 43.2 Å². The SMILES string of the molecule is CN1CCCCc2c1n(Cc1ccc([N+](=O)[O-])cc1)c1ccccc1c2=O.Cl. The molecule has 2 aromatic carbocycles. The van der Waals surface area contributed by atoms with Crippen LogP contribution in [0.3, 0.4) is 0 Å². The number of non-ortho nitro benzene ring substituents is 1. The van der Waals surface area contributed by atoms with Gasteiger partial charge in [-0.1, -0.05) is 24.3 Å². The van der Waals surface area contributed by atoms with E-state index in [1.54, 1.807) is 12.1 Å². The second-order valence-electron chi connectivity index (χ2n) is 7.04. The van der Waals surface area contributed by atoms with E-state index in [9.17, 15) is 14.9 Å². The van der Waals surface area contributed by atoms with E-state index in [1.807, 2.05) is 31.3 Å². The molecule has 28 heavy (non-hydrogen) atoms. The van der Waals surface area contributed by atoms with Crippen LogP contribution in [0.5, 0.6) is 0 Å². The molecular weight excluding hydrogens is 378 g/mol. The van der Waals surface area contributed by atoms with Crippen molar-refractivity contribution in [3.8, 4) is 0 Å². The fraction of sp³-hybridized carbons (Fsp3) is 0.286. The number of halogens is 1. The summed E-state index contributed by atoms with van der Waals surface area (Å²) in [5.74, 6) is 0.967. The Balaban J connectivity index is 0.00000225. The minimum atomic E-state index is -0.391. The molecule has 4 rings (SSSR count). The van der Waals surface area contributed by atoms with Crippen LogP contribution < -0.4 is 10.3 Å². The number of nitro groups is 1. The molecular formula is C21H22ClN3O3. The minimum absolute atomic E-state index is 0. The Morgan fingerprint density at radius 3 is 2.50 bits per heavy atom. The number of hydrogen-bond donors (Lipinski definition) is 0. The highest BCUT2D eigenvalue weighted by Crippen LogP contribution is 2.28. The summed E-state index contributed by atoms with van der Waals surface area (Å²) in [4.78, 5) is 25.8. The second-order valence-corrected chi connectivity index (χ2v) is 7.04. The molecule has 2 heterocycles. The van der Waals surface area contributed by atoms with Crippen LogP contribution in [0.2, 0.25) is 0 Å². The number of nitro benzene ring substituents is 1. The molecule has 0 amide bonds. The number of nitrogens with zero attached hydrogens (tertiary/aromatic N) is 3. The van der Waals surface area contributed by atoms with Gasteiger partial charge in [-0.2, -0.15) is 0 Å². The topological polar surface area (TPSA) is 68.4 Å². The molecule has 1 aliphatic heterocycles. The molecule has 0 saturated carbocycles. The van der Waals surface area contributed by atoms with Gasteiger partial charge in [-0.3, -0.25) is 14.9 Å². The molecule has 0 aliphatic carbocycles. The number of para-hydroxylation sites is 1. The first-order valence-corrected chi connectivity index (χ1v) is 9.15. The van der Waals surface area contributed by atoms with Crippen molar-refractivity contribution in [3.05, 3.63) is 80.0 Å². The van der Waals surface area contributed by atoms with E-state index >= 15 is 0 Å². The lowest BCUT2D eigenvalue weighted by Crippen LogP contribution is -2.27. The van der Waals surface area contributed by atoms with Gasteiger partial charge in [-0.25, -0.2) is 0 Å². The second kappa shape index (κ2) is 8.02. The van der Waals surface area contributed by atoms with Crippen LogP contribution in [0.15, 0.2) is 53.3 Å². The highest BCUT2D eigenvalue weighted by molar-refractivity contribution is 5.85. The maximum Gasteiger partial charge on any atom is 0.269 e. The van der Waals surface area contributed by atoms with Crippen molar-refractivity contribution < 1.29 is 4.92 Å². The lowest BCUT2D eigenvalue weighted by Gasteiger charge is -2.26. The van der Waals surface area contributed by atoms with Gasteiger partial charge in [-0.05, 0) is 37.0 Å². The summed E-state index contributed by atoms with van der Waals surface area (Å²) in [6.07, 6.45) is 2.84. The summed E-state index contributed by atoms with van der Waals surface area (Å²) < 4.78 is 2.18. The monoisotopic (exact) mass is 399 g/mol. The van der Waals surface area contributed by atoms with E-state index in [0.717, 1.165) is 53.7 Å². The van der Waals surface area contributed by atoms with E-state index in [-0.39, 0.29) is 23.5 Å². The number of hydrogen-bond acceptors (Lipinski definition) is 4. The molecule has 0 fully saturated rings. The molecule has 0 saturated heterocycles. The molecule has 0 bridgehead atoms. The Labute approximate surface area is 169 Å². The van der Waals surface area contributed by atoms with Crippen LogP contribution in [0.1, 0.15) is 24.0 Å². The van der Waals surface area contributed by atoms with Crippen molar-refractivity contribution in [2.45, 2.75) is 25.8 Å². The first kappa shape index (κ1) is 19.9. The van der Waals surface area contributed by atoms with E-state index in [4.69, 9.17) is 0 Å². The van der Waals surface area contributed by atoms with Gasteiger partial charge in [0.25, 0.3) is 5.69 Å².